The van der Waals surface area contributed by atoms with Crippen LogP contribution in [0, 0.1) is 5.92 Å². The maximum Gasteiger partial charge on any atom is 0.225 e. The Kier molecular flexibility index (Phi) is 4.89. The van der Waals surface area contributed by atoms with Crippen molar-refractivity contribution in [3.8, 4) is 0 Å². The number of ether oxygens (including phenoxy) is 1. The normalized spacial score (nSPS) is 19.2. The van der Waals surface area contributed by atoms with Gasteiger partial charge in [0.1, 0.15) is 0 Å². The van der Waals surface area contributed by atoms with Gasteiger partial charge in [0.2, 0.25) is 5.91 Å². The molecule has 0 aliphatic heterocycles. The van der Waals surface area contributed by atoms with Crippen molar-refractivity contribution >= 4 is 23.1 Å². The second-order valence-electron chi connectivity index (χ2n) is 5.00. The first-order valence-electron chi connectivity index (χ1n) is 5.98. The minimum Gasteiger partial charge on any atom is -0.393 e. The van der Waals surface area contributed by atoms with Crippen LogP contribution < -0.4 is 5.73 Å². The number of nitrogens with two attached hydrogens (primary N) is 1. The summed E-state index contributed by atoms with van der Waals surface area (Å²) in [5.41, 5.74) is 5.33. The van der Waals surface area contributed by atoms with Crippen molar-refractivity contribution in [3.05, 3.63) is 0 Å². The van der Waals surface area contributed by atoms with Crippen molar-refractivity contribution in [2.24, 2.45) is 11.7 Å². The number of amides is 1. The van der Waals surface area contributed by atoms with Crippen molar-refractivity contribution in [1.82, 2.24) is 4.90 Å². The monoisotopic (exact) mass is 258 g/mol. The van der Waals surface area contributed by atoms with Gasteiger partial charge in [-0.1, -0.05) is 19.1 Å². The van der Waals surface area contributed by atoms with Crippen LogP contribution in [-0.2, 0) is 9.53 Å². The van der Waals surface area contributed by atoms with Crippen molar-refractivity contribution in [2.45, 2.75) is 38.2 Å². The van der Waals surface area contributed by atoms with E-state index in [1.807, 2.05) is 6.92 Å². The molecule has 4 nitrogen and oxygen atoms in total. The minimum atomic E-state index is -0.211. The predicted octanol–water partition coefficient (Wildman–Crippen LogP) is 1.33. The molecule has 0 aromatic rings. The second kappa shape index (κ2) is 5.78. The fourth-order valence-electron chi connectivity index (χ4n) is 2.04. The average molecular weight is 258 g/mol. The lowest BCUT2D eigenvalue weighted by Gasteiger charge is -2.40. The van der Waals surface area contributed by atoms with Gasteiger partial charge in [0.25, 0.3) is 0 Å². The highest BCUT2D eigenvalue weighted by Crippen LogP contribution is 2.38. The SMILES string of the molecule is COC1(CC(=O)N(C)CC(C)C(N)=S)CCC1. The van der Waals surface area contributed by atoms with E-state index in [1.54, 1.807) is 19.1 Å². The first-order valence-corrected chi connectivity index (χ1v) is 6.39. The van der Waals surface area contributed by atoms with Crippen LogP contribution in [0.5, 0.6) is 0 Å². The third-order valence-electron chi connectivity index (χ3n) is 3.63. The Morgan fingerprint density at radius 2 is 2.18 bits per heavy atom. The van der Waals surface area contributed by atoms with Crippen molar-refractivity contribution in [2.75, 3.05) is 20.7 Å². The first kappa shape index (κ1) is 14.4. The molecule has 1 aliphatic rings. The standard InChI is InChI=1S/C12H22N2O2S/c1-9(11(13)17)8-14(2)10(15)7-12(16-3)5-4-6-12/h9H,4-8H2,1-3H3,(H2,13,17). The molecule has 1 fully saturated rings. The predicted molar refractivity (Wildman–Crippen MR) is 71.8 cm³/mol. The number of hydrogen-bond acceptors (Lipinski definition) is 3. The smallest absolute Gasteiger partial charge is 0.225 e. The molecule has 0 spiro atoms. The van der Waals surface area contributed by atoms with E-state index < -0.39 is 0 Å². The van der Waals surface area contributed by atoms with Gasteiger partial charge in [-0.25, -0.2) is 0 Å². The number of carbonyl (C=O) groups excluding carboxylic acids is 1. The molecule has 0 bridgehead atoms. The highest BCUT2D eigenvalue weighted by molar-refractivity contribution is 7.80. The van der Waals surface area contributed by atoms with E-state index >= 15 is 0 Å². The molecule has 1 atom stereocenters. The summed E-state index contributed by atoms with van der Waals surface area (Å²) in [6, 6.07) is 0. The molecular weight excluding hydrogens is 236 g/mol. The topological polar surface area (TPSA) is 55.6 Å². The molecule has 98 valence electrons. The summed E-state index contributed by atoms with van der Waals surface area (Å²) < 4.78 is 5.45. The molecule has 0 aromatic carbocycles. The second-order valence-corrected chi connectivity index (χ2v) is 5.47. The van der Waals surface area contributed by atoms with E-state index in [0.717, 1.165) is 19.3 Å². The quantitative estimate of drug-likeness (QED) is 0.730. The molecule has 0 aromatic heterocycles. The summed E-state index contributed by atoms with van der Waals surface area (Å²) in [6.45, 7) is 2.51. The van der Waals surface area contributed by atoms with Crippen LogP contribution in [0.1, 0.15) is 32.6 Å². The van der Waals surface area contributed by atoms with E-state index in [1.165, 1.54) is 0 Å². The Morgan fingerprint density at radius 1 is 1.59 bits per heavy atom. The number of hydrogen-bond donors (Lipinski definition) is 1. The average Bonchev–Trinajstić information content (AvgIpc) is 2.22. The maximum absolute atomic E-state index is 12.0. The van der Waals surface area contributed by atoms with Gasteiger partial charge in [-0.3, -0.25) is 4.79 Å². The molecule has 5 heteroatoms. The molecule has 1 amide bonds. The number of carbonyl (C=O) groups is 1. The van der Waals surface area contributed by atoms with Gasteiger partial charge in [0, 0.05) is 26.6 Å². The van der Waals surface area contributed by atoms with Crippen molar-refractivity contribution < 1.29 is 9.53 Å². The zero-order valence-corrected chi connectivity index (χ0v) is 11.7. The Balaban J connectivity index is 2.44. The van der Waals surface area contributed by atoms with Gasteiger partial charge in [-0.2, -0.15) is 0 Å². The molecule has 0 radical (unpaired) electrons. The summed E-state index contributed by atoms with van der Waals surface area (Å²) in [6.07, 6.45) is 3.57. The molecule has 0 saturated heterocycles. The van der Waals surface area contributed by atoms with E-state index in [2.05, 4.69) is 0 Å². The Morgan fingerprint density at radius 3 is 2.53 bits per heavy atom. The molecule has 2 N–H and O–H groups in total. The van der Waals surface area contributed by atoms with Gasteiger partial charge in [0.05, 0.1) is 17.0 Å². The van der Waals surface area contributed by atoms with Gasteiger partial charge in [-0.05, 0) is 19.3 Å². The van der Waals surface area contributed by atoms with Crippen molar-refractivity contribution in [3.63, 3.8) is 0 Å². The highest BCUT2D eigenvalue weighted by atomic mass is 32.1. The molecule has 1 rings (SSSR count). The summed E-state index contributed by atoms with van der Waals surface area (Å²) in [5.74, 6) is 0.161. The molecule has 0 heterocycles. The number of methoxy groups -OCH3 is 1. The van der Waals surface area contributed by atoms with Crippen LogP contribution in [0.4, 0.5) is 0 Å². The van der Waals surface area contributed by atoms with Crippen LogP contribution in [0.2, 0.25) is 0 Å². The largest absolute Gasteiger partial charge is 0.393 e. The van der Waals surface area contributed by atoms with Gasteiger partial charge in [-0.15, -0.1) is 0 Å². The van der Waals surface area contributed by atoms with Crippen LogP contribution >= 0.6 is 12.2 Å². The lowest BCUT2D eigenvalue weighted by molar-refractivity contribution is -0.143. The van der Waals surface area contributed by atoms with Crippen LogP contribution in [0.3, 0.4) is 0 Å². The Hall–Kier alpha value is -0.680. The molecule has 17 heavy (non-hydrogen) atoms. The van der Waals surface area contributed by atoms with Crippen molar-refractivity contribution in [1.29, 1.82) is 0 Å². The Labute approximate surface area is 108 Å². The zero-order chi connectivity index (χ0) is 13.1. The minimum absolute atomic E-state index is 0.0545. The molecule has 1 aliphatic carbocycles. The fraction of sp³-hybridized carbons (Fsp3) is 0.833. The van der Waals surface area contributed by atoms with Crippen LogP contribution in [0.25, 0.3) is 0 Å². The molecular formula is C12H22N2O2S. The lowest BCUT2D eigenvalue weighted by atomic mass is 9.77. The summed E-state index contributed by atoms with van der Waals surface area (Å²) in [5, 5.41) is 0. The van der Waals surface area contributed by atoms with E-state index in [9.17, 15) is 4.79 Å². The third kappa shape index (κ3) is 3.64. The summed E-state index contributed by atoms with van der Waals surface area (Å²) in [7, 11) is 3.48. The Bertz CT molecular complexity index is 297. The number of rotatable bonds is 6. The number of thiocarbonyl (C=S) groups is 1. The third-order valence-corrected chi connectivity index (χ3v) is 4.03. The van der Waals surface area contributed by atoms with Crippen LogP contribution in [-0.4, -0.2) is 42.1 Å². The van der Waals surface area contributed by atoms with Gasteiger partial charge >= 0.3 is 0 Å². The van der Waals surface area contributed by atoms with Gasteiger partial charge in [0.15, 0.2) is 0 Å². The van der Waals surface area contributed by atoms with Gasteiger partial charge < -0.3 is 15.4 Å². The summed E-state index contributed by atoms with van der Waals surface area (Å²) in [4.78, 5) is 14.2. The fourth-order valence-corrected chi connectivity index (χ4v) is 2.11. The van der Waals surface area contributed by atoms with Crippen LogP contribution in [0.15, 0.2) is 0 Å². The highest BCUT2D eigenvalue weighted by Gasteiger charge is 2.39. The summed E-state index contributed by atoms with van der Waals surface area (Å²) >= 11 is 4.90. The van der Waals surface area contributed by atoms with E-state index in [-0.39, 0.29) is 17.4 Å². The molecule has 1 unspecified atom stereocenters. The maximum atomic E-state index is 12.0. The van der Waals surface area contributed by atoms with E-state index in [0.29, 0.717) is 18.0 Å². The van der Waals surface area contributed by atoms with E-state index in [4.69, 9.17) is 22.7 Å². The number of nitrogens with zero attached hydrogens (tertiary/aromatic N) is 1. The zero-order valence-electron chi connectivity index (χ0n) is 10.9. The molecule has 1 saturated carbocycles. The lowest BCUT2D eigenvalue weighted by Crippen LogP contribution is -2.45. The first-order chi connectivity index (χ1) is 7.90.